The van der Waals surface area contributed by atoms with Crippen LogP contribution >= 0.6 is 15.9 Å². The lowest BCUT2D eigenvalue weighted by atomic mass is 10.1. The van der Waals surface area contributed by atoms with Crippen molar-refractivity contribution < 1.29 is 4.52 Å². The van der Waals surface area contributed by atoms with E-state index >= 15 is 0 Å². The molecule has 1 aromatic heterocycles. The van der Waals surface area contributed by atoms with E-state index in [0.29, 0.717) is 11.7 Å². The second-order valence-electron chi connectivity index (χ2n) is 5.35. The molecule has 0 bridgehead atoms. The van der Waals surface area contributed by atoms with Gasteiger partial charge in [-0.2, -0.15) is 4.98 Å². The quantitative estimate of drug-likeness (QED) is 0.921. The fraction of sp³-hybridized carbons (Fsp3) is 0.467. The van der Waals surface area contributed by atoms with Crippen LogP contribution in [0.5, 0.6) is 0 Å². The number of nitrogens with one attached hydrogen (secondary N) is 1. The molecule has 1 aromatic carbocycles. The number of rotatable bonds is 3. The molecule has 0 spiro atoms. The summed E-state index contributed by atoms with van der Waals surface area (Å²) in [7, 11) is 0. The van der Waals surface area contributed by atoms with Crippen LogP contribution in [-0.4, -0.2) is 41.2 Å². The molecule has 2 aromatic rings. The topological polar surface area (TPSA) is 54.2 Å². The Labute approximate surface area is 132 Å². The summed E-state index contributed by atoms with van der Waals surface area (Å²) in [6.45, 7) is 6.98. The molecule has 5 nitrogen and oxygen atoms in total. The van der Waals surface area contributed by atoms with E-state index in [1.54, 1.807) is 0 Å². The highest BCUT2D eigenvalue weighted by molar-refractivity contribution is 9.10. The summed E-state index contributed by atoms with van der Waals surface area (Å²) in [5, 5.41) is 7.52. The Morgan fingerprint density at radius 1 is 1.33 bits per heavy atom. The van der Waals surface area contributed by atoms with Crippen LogP contribution < -0.4 is 5.32 Å². The highest BCUT2D eigenvalue weighted by Crippen LogP contribution is 2.24. The second kappa shape index (κ2) is 6.68. The van der Waals surface area contributed by atoms with E-state index in [1.807, 2.05) is 12.1 Å². The Morgan fingerprint density at radius 2 is 2.24 bits per heavy atom. The summed E-state index contributed by atoms with van der Waals surface area (Å²) in [5.41, 5.74) is 2.15. The van der Waals surface area contributed by atoms with Crippen LogP contribution in [0.15, 0.2) is 27.2 Å². The van der Waals surface area contributed by atoms with Crippen molar-refractivity contribution in [3.8, 4) is 11.4 Å². The average Bonchev–Trinajstić information content (AvgIpc) is 2.75. The second-order valence-corrected chi connectivity index (χ2v) is 6.27. The number of nitrogens with zero attached hydrogens (tertiary/aromatic N) is 3. The van der Waals surface area contributed by atoms with Gasteiger partial charge in [0.15, 0.2) is 0 Å². The van der Waals surface area contributed by atoms with Crippen molar-refractivity contribution in [2.75, 3.05) is 26.2 Å². The van der Waals surface area contributed by atoms with Gasteiger partial charge >= 0.3 is 0 Å². The normalized spacial score (nSPS) is 16.9. The molecule has 0 amide bonds. The fourth-order valence-electron chi connectivity index (χ4n) is 2.56. The van der Waals surface area contributed by atoms with Crippen molar-refractivity contribution in [1.82, 2.24) is 20.4 Å². The van der Waals surface area contributed by atoms with Gasteiger partial charge in [-0.3, -0.25) is 4.90 Å². The van der Waals surface area contributed by atoms with Gasteiger partial charge in [0.2, 0.25) is 11.7 Å². The molecular weight excluding hydrogens is 332 g/mol. The smallest absolute Gasteiger partial charge is 0.241 e. The van der Waals surface area contributed by atoms with Gasteiger partial charge in [-0.25, -0.2) is 0 Å². The summed E-state index contributed by atoms with van der Waals surface area (Å²) >= 11 is 3.47. The SMILES string of the molecule is Cc1cc(Br)ccc1-c1noc(CN2CCCNCC2)n1. The number of halogens is 1. The lowest BCUT2D eigenvalue weighted by Gasteiger charge is -2.16. The van der Waals surface area contributed by atoms with Gasteiger partial charge < -0.3 is 9.84 Å². The molecule has 3 rings (SSSR count). The first-order chi connectivity index (χ1) is 10.2. The first kappa shape index (κ1) is 14.7. The molecule has 1 fully saturated rings. The van der Waals surface area contributed by atoms with Crippen LogP contribution in [0.4, 0.5) is 0 Å². The van der Waals surface area contributed by atoms with E-state index < -0.39 is 0 Å². The fourth-order valence-corrected chi connectivity index (χ4v) is 3.03. The predicted molar refractivity (Wildman–Crippen MR) is 84.9 cm³/mol. The standard InChI is InChI=1S/C15H19BrN4O/c1-11-9-12(16)3-4-13(11)15-18-14(21-19-15)10-20-7-2-5-17-6-8-20/h3-4,9,17H,2,5-8,10H2,1H3. The van der Waals surface area contributed by atoms with Crippen molar-refractivity contribution in [3.63, 3.8) is 0 Å². The van der Waals surface area contributed by atoms with Gasteiger partial charge in [-0.15, -0.1) is 0 Å². The Kier molecular flexibility index (Phi) is 4.67. The maximum absolute atomic E-state index is 5.41. The lowest BCUT2D eigenvalue weighted by molar-refractivity contribution is 0.239. The molecule has 0 aliphatic carbocycles. The van der Waals surface area contributed by atoms with Gasteiger partial charge in [0, 0.05) is 23.1 Å². The minimum Gasteiger partial charge on any atom is -0.338 e. The number of hydrogen-bond donors (Lipinski definition) is 1. The molecule has 1 N–H and O–H groups in total. The third-order valence-electron chi connectivity index (χ3n) is 3.69. The average molecular weight is 351 g/mol. The summed E-state index contributed by atoms with van der Waals surface area (Å²) in [4.78, 5) is 6.89. The van der Waals surface area contributed by atoms with Crippen LogP contribution in [0, 0.1) is 6.92 Å². The molecule has 0 unspecified atom stereocenters. The molecule has 21 heavy (non-hydrogen) atoms. The first-order valence-electron chi connectivity index (χ1n) is 7.24. The predicted octanol–water partition coefficient (Wildman–Crippen LogP) is 2.60. The van der Waals surface area contributed by atoms with Crippen molar-refractivity contribution in [3.05, 3.63) is 34.1 Å². The number of hydrogen-bond acceptors (Lipinski definition) is 5. The highest BCUT2D eigenvalue weighted by atomic mass is 79.9. The lowest BCUT2D eigenvalue weighted by Crippen LogP contribution is -2.27. The van der Waals surface area contributed by atoms with Crippen LogP contribution in [0.3, 0.4) is 0 Å². The molecule has 6 heteroatoms. The molecule has 1 aliphatic rings. The summed E-state index contributed by atoms with van der Waals surface area (Å²) < 4.78 is 6.47. The van der Waals surface area contributed by atoms with E-state index in [-0.39, 0.29) is 0 Å². The van der Waals surface area contributed by atoms with Crippen molar-refractivity contribution >= 4 is 15.9 Å². The number of benzene rings is 1. The van der Waals surface area contributed by atoms with E-state index in [0.717, 1.165) is 54.7 Å². The van der Waals surface area contributed by atoms with Crippen LogP contribution in [-0.2, 0) is 6.54 Å². The zero-order chi connectivity index (χ0) is 14.7. The van der Waals surface area contributed by atoms with Crippen LogP contribution in [0.2, 0.25) is 0 Å². The van der Waals surface area contributed by atoms with E-state index in [9.17, 15) is 0 Å². The molecule has 0 saturated carbocycles. The Hall–Kier alpha value is -1.24. The van der Waals surface area contributed by atoms with Crippen molar-refractivity contribution in [2.24, 2.45) is 0 Å². The summed E-state index contributed by atoms with van der Waals surface area (Å²) in [6, 6.07) is 6.08. The zero-order valence-electron chi connectivity index (χ0n) is 12.1. The van der Waals surface area contributed by atoms with Crippen LogP contribution in [0.25, 0.3) is 11.4 Å². The summed E-state index contributed by atoms with van der Waals surface area (Å²) in [5.74, 6) is 1.36. The third-order valence-corrected chi connectivity index (χ3v) is 4.18. The Morgan fingerprint density at radius 3 is 3.10 bits per heavy atom. The van der Waals surface area contributed by atoms with Crippen molar-refractivity contribution in [1.29, 1.82) is 0 Å². The molecule has 1 aliphatic heterocycles. The molecule has 0 atom stereocenters. The van der Waals surface area contributed by atoms with E-state index in [1.165, 1.54) is 0 Å². The van der Waals surface area contributed by atoms with E-state index in [4.69, 9.17) is 4.52 Å². The maximum Gasteiger partial charge on any atom is 0.241 e. The van der Waals surface area contributed by atoms with Crippen molar-refractivity contribution in [2.45, 2.75) is 19.9 Å². The Balaban J connectivity index is 1.73. The molecule has 112 valence electrons. The van der Waals surface area contributed by atoms with Crippen LogP contribution in [0.1, 0.15) is 17.9 Å². The molecular formula is C15H19BrN4O. The van der Waals surface area contributed by atoms with Gasteiger partial charge in [0.1, 0.15) is 0 Å². The molecule has 0 radical (unpaired) electrons. The largest absolute Gasteiger partial charge is 0.338 e. The van der Waals surface area contributed by atoms with Gasteiger partial charge in [0.25, 0.3) is 0 Å². The first-order valence-corrected chi connectivity index (χ1v) is 8.04. The Bertz CT molecular complexity index is 605. The molecule has 1 saturated heterocycles. The minimum absolute atomic E-state index is 0.669. The highest BCUT2D eigenvalue weighted by Gasteiger charge is 2.15. The van der Waals surface area contributed by atoms with Gasteiger partial charge in [0.05, 0.1) is 6.54 Å². The maximum atomic E-state index is 5.41. The number of aryl methyl sites for hydroxylation is 1. The third kappa shape index (κ3) is 3.70. The van der Waals surface area contributed by atoms with E-state index in [2.05, 4.69) is 49.3 Å². The molecule has 2 heterocycles. The van der Waals surface area contributed by atoms with Gasteiger partial charge in [-0.1, -0.05) is 21.1 Å². The monoisotopic (exact) mass is 350 g/mol. The minimum atomic E-state index is 0.669. The van der Waals surface area contributed by atoms with Gasteiger partial charge in [-0.05, 0) is 50.2 Å². The number of aromatic nitrogens is 2. The zero-order valence-corrected chi connectivity index (χ0v) is 13.7. The summed E-state index contributed by atoms with van der Waals surface area (Å²) in [6.07, 6.45) is 1.16.